The van der Waals surface area contributed by atoms with Gasteiger partial charge in [-0.05, 0) is 25.2 Å². The topological polar surface area (TPSA) is 82.0 Å². The van der Waals surface area contributed by atoms with Crippen LogP contribution < -0.4 is 10.6 Å². The van der Waals surface area contributed by atoms with Gasteiger partial charge in [-0.15, -0.1) is 0 Å². The maximum absolute atomic E-state index is 12.0. The van der Waals surface area contributed by atoms with Crippen molar-refractivity contribution in [1.29, 1.82) is 5.26 Å². The van der Waals surface area contributed by atoms with Gasteiger partial charge in [0.15, 0.2) is 0 Å². The molecule has 2 amide bonds. The van der Waals surface area contributed by atoms with Crippen molar-refractivity contribution < 1.29 is 9.59 Å². The molecule has 2 N–H and O–H groups in total. The van der Waals surface area contributed by atoms with E-state index in [2.05, 4.69) is 16.7 Å². The standard InChI is InChI=1S/C14H21N3O2/c1-9(6-10-2-3-10)13(18)17-12(8-15)7-11-4-5-16-14(11)19/h9-12H,2-7H2,1H3,(H,16,19)(H,17,18)/t9?,11-,12-/m0/s1. The minimum absolute atomic E-state index is 0.000489. The molecule has 0 aromatic heterocycles. The molecule has 2 fully saturated rings. The Morgan fingerprint density at radius 1 is 1.47 bits per heavy atom. The molecular formula is C14H21N3O2. The highest BCUT2D eigenvalue weighted by atomic mass is 16.2. The molecule has 3 atom stereocenters. The van der Waals surface area contributed by atoms with Crippen molar-refractivity contribution in [2.45, 2.75) is 45.1 Å². The molecule has 0 aromatic rings. The minimum atomic E-state index is -0.553. The highest BCUT2D eigenvalue weighted by Gasteiger charge is 2.30. The molecule has 1 unspecified atom stereocenters. The fraction of sp³-hybridized carbons (Fsp3) is 0.786. The Kier molecular flexibility index (Phi) is 4.41. The Balaban J connectivity index is 1.79. The zero-order chi connectivity index (χ0) is 13.8. The first kappa shape index (κ1) is 13.9. The average Bonchev–Trinajstić information content (AvgIpc) is 3.11. The Hall–Kier alpha value is -1.57. The smallest absolute Gasteiger partial charge is 0.223 e. The third-order valence-electron chi connectivity index (χ3n) is 3.99. The molecule has 1 heterocycles. The van der Waals surface area contributed by atoms with Crippen LogP contribution in [0.25, 0.3) is 0 Å². The van der Waals surface area contributed by atoms with Gasteiger partial charge >= 0.3 is 0 Å². The van der Waals surface area contributed by atoms with Crippen molar-refractivity contribution in [2.24, 2.45) is 17.8 Å². The lowest BCUT2D eigenvalue weighted by Gasteiger charge is -2.17. The molecule has 1 saturated carbocycles. The molecule has 19 heavy (non-hydrogen) atoms. The average molecular weight is 263 g/mol. The van der Waals surface area contributed by atoms with E-state index in [0.29, 0.717) is 18.9 Å². The van der Waals surface area contributed by atoms with Crippen molar-refractivity contribution in [3.8, 4) is 6.07 Å². The molecule has 1 aliphatic carbocycles. The molecule has 104 valence electrons. The molecule has 1 aliphatic heterocycles. The fourth-order valence-electron chi connectivity index (χ4n) is 2.57. The molecule has 5 nitrogen and oxygen atoms in total. The normalized spacial score (nSPS) is 25.3. The van der Waals surface area contributed by atoms with Gasteiger partial charge in [-0.25, -0.2) is 0 Å². The summed E-state index contributed by atoms with van der Waals surface area (Å²) in [5, 5.41) is 14.6. The lowest BCUT2D eigenvalue weighted by molar-refractivity contribution is -0.126. The maximum Gasteiger partial charge on any atom is 0.223 e. The maximum atomic E-state index is 12.0. The minimum Gasteiger partial charge on any atom is -0.356 e. The molecule has 2 aliphatic rings. The summed E-state index contributed by atoms with van der Waals surface area (Å²) < 4.78 is 0. The summed E-state index contributed by atoms with van der Waals surface area (Å²) in [6, 6.07) is 1.54. The van der Waals surface area contributed by atoms with E-state index in [0.717, 1.165) is 12.8 Å². The van der Waals surface area contributed by atoms with E-state index in [4.69, 9.17) is 5.26 Å². The van der Waals surface area contributed by atoms with Crippen LogP contribution in [0.4, 0.5) is 0 Å². The lowest BCUT2D eigenvalue weighted by atomic mass is 9.98. The molecule has 1 saturated heterocycles. The summed E-state index contributed by atoms with van der Waals surface area (Å²) in [6.45, 7) is 2.58. The zero-order valence-corrected chi connectivity index (χ0v) is 11.3. The van der Waals surface area contributed by atoms with Gasteiger partial charge in [0.05, 0.1) is 6.07 Å². The molecular weight excluding hydrogens is 242 g/mol. The predicted molar refractivity (Wildman–Crippen MR) is 69.8 cm³/mol. The van der Waals surface area contributed by atoms with Crippen molar-refractivity contribution in [3.05, 3.63) is 0 Å². The number of hydrogen-bond acceptors (Lipinski definition) is 3. The van der Waals surface area contributed by atoms with Crippen LogP contribution in [-0.4, -0.2) is 24.4 Å². The predicted octanol–water partition coefficient (Wildman–Crippen LogP) is 0.957. The van der Waals surface area contributed by atoms with E-state index >= 15 is 0 Å². The van der Waals surface area contributed by atoms with Gasteiger partial charge in [-0.3, -0.25) is 9.59 Å². The van der Waals surface area contributed by atoms with Gasteiger partial charge in [-0.2, -0.15) is 5.26 Å². The second-order valence-electron chi connectivity index (χ2n) is 5.78. The molecule has 0 radical (unpaired) electrons. The molecule has 0 spiro atoms. The summed E-state index contributed by atoms with van der Waals surface area (Å²) >= 11 is 0. The van der Waals surface area contributed by atoms with Gasteiger partial charge < -0.3 is 10.6 Å². The van der Waals surface area contributed by atoms with Crippen LogP contribution in [0.2, 0.25) is 0 Å². The molecule has 0 aromatic carbocycles. The van der Waals surface area contributed by atoms with Gasteiger partial charge in [0, 0.05) is 18.4 Å². The third kappa shape index (κ3) is 3.95. The first-order valence-corrected chi connectivity index (χ1v) is 7.08. The van der Waals surface area contributed by atoms with Crippen LogP contribution in [0.1, 0.15) is 39.0 Å². The van der Waals surface area contributed by atoms with E-state index in [1.165, 1.54) is 12.8 Å². The van der Waals surface area contributed by atoms with Crippen LogP contribution in [0.3, 0.4) is 0 Å². The highest BCUT2D eigenvalue weighted by Crippen LogP contribution is 2.35. The molecule has 5 heteroatoms. The summed E-state index contributed by atoms with van der Waals surface area (Å²) in [5.41, 5.74) is 0. The van der Waals surface area contributed by atoms with Gasteiger partial charge in [0.1, 0.15) is 6.04 Å². The second kappa shape index (κ2) is 6.05. The van der Waals surface area contributed by atoms with E-state index < -0.39 is 6.04 Å². The number of nitrogens with one attached hydrogen (secondary N) is 2. The second-order valence-corrected chi connectivity index (χ2v) is 5.78. The third-order valence-corrected chi connectivity index (χ3v) is 3.99. The molecule has 0 bridgehead atoms. The van der Waals surface area contributed by atoms with Crippen LogP contribution in [-0.2, 0) is 9.59 Å². The highest BCUT2D eigenvalue weighted by molar-refractivity contribution is 5.81. The SMILES string of the molecule is CC(CC1CC1)C(=O)N[C@H](C#N)C[C@@H]1CCNC1=O. The van der Waals surface area contributed by atoms with Crippen molar-refractivity contribution >= 4 is 11.8 Å². The van der Waals surface area contributed by atoms with Crippen LogP contribution in [0, 0.1) is 29.1 Å². The number of hydrogen-bond donors (Lipinski definition) is 2. The van der Waals surface area contributed by atoms with E-state index in [1.807, 2.05) is 6.92 Å². The van der Waals surface area contributed by atoms with E-state index in [-0.39, 0.29) is 23.7 Å². The van der Waals surface area contributed by atoms with Crippen molar-refractivity contribution in [1.82, 2.24) is 10.6 Å². The number of amides is 2. The van der Waals surface area contributed by atoms with Gasteiger partial charge in [-0.1, -0.05) is 19.8 Å². The van der Waals surface area contributed by atoms with Crippen LogP contribution in [0.5, 0.6) is 0 Å². The number of nitriles is 1. The lowest BCUT2D eigenvalue weighted by Crippen LogP contribution is -2.39. The summed E-state index contributed by atoms with van der Waals surface area (Å²) in [7, 11) is 0. The Bertz CT molecular complexity index is 398. The number of nitrogens with zero attached hydrogens (tertiary/aromatic N) is 1. The monoisotopic (exact) mass is 263 g/mol. The first-order valence-electron chi connectivity index (χ1n) is 7.08. The summed E-state index contributed by atoms with van der Waals surface area (Å²) in [5.74, 6) is 0.462. The number of rotatable bonds is 6. The summed E-state index contributed by atoms with van der Waals surface area (Å²) in [6.07, 6.45) is 4.53. The van der Waals surface area contributed by atoms with Crippen LogP contribution >= 0.6 is 0 Å². The first-order chi connectivity index (χ1) is 9.10. The fourth-order valence-corrected chi connectivity index (χ4v) is 2.57. The van der Waals surface area contributed by atoms with E-state index in [9.17, 15) is 9.59 Å². The number of carbonyl (C=O) groups is 2. The Labute approximate surface area is 113 Å². The Morgan fingerprint density at radius 2 is 2.21 bits per heavy atom. The van der Waals surface area contributed by atoms with Crippen molar-refractivity contribution in [2.75, 3.05) is 6.54 Å². The number of carbonyl (C=O) groups excluding carboxylic acids is 2. The van der Waals surface area contributed by atoms with Crippen LogP contribution in [0.15, 0.2) is 0 Å². The van der Waals surface area contributed by atoms with Gasteiger partial charge in [0.25, 0.3) is 0 Å². The summed E-state index contributed by atoms with van der Waals surface area (Å²) in [4.78, 5) is 23.4. The Morgan fingerprint density at radius 3 is 2.74 bits per heavy atom. The van der Waals surface area contributed by atoms with E-state index in [1.54, 1.807) is 0 Å². The van der Waals surface area contributed by atoms with Gasteiger partial charge in [0.2, 0.25) is 11.8 Å². The van der Waals surface area contributed by atoms with Crippen molar-refractivity contribution in [3.63, 3.8) is 0 Å². The zero-order valence-electron chi connectivity index (χ0n) is 11.3. The largest absolute Gasteiger partial charge is 0.356 e. The molecule has 2 rings (SSSR count). The quantitative estimate of drug-likeness (QED) is 0.748.